The molecule has 1 heterocycles. The summed E-state index contributed by atoms with van der Waals surface area (Å²) >= 11 is 0. The topological polar surface area (TPSA) is 25.8 Å². The second-order valence-electron chi connectivity index (χ2n) is 4.50. The molecule has 0 unspecified atom stereocenters. The van der Waals surface area contributed by atoms with Gasteiger partial charge in [-0.25, -0.2) is 18.7 Å². The first-order chi connectivity index (χ1) is 9.70. The summed E-state index contributed by atoms with van der Waals surface area (Å²) in [4.78, 5) is 8.43. The van der Waals surface area contributed by atoms with E-state index in [9.17, 15) is 8.78 Å². The number of halogens is 2. The Morgan fingerprint density at radius 3 is 2.40 bits per heavy atom. The van der Waals surface area contributed by atoms with Gasteiger partial charge in [-0.1, -0.05) is 31.2 Å². The molecule has 3 rings (SSSR count). The molecule has 3 aromatic rings. The molecule has 0 amide bonds. The van der Waals surface area contributed by atoms with Crippen molar-refractivity contribution in [3.63, 3.8) is 0 Å². The Hall–Kier alpha value is -2.36. The van der Waals surface area contributed by atoms with E-state index in [2.05, 4.69) is 9.97 Å². The fourth-order valence-corrected chi connectivity index (χ4v) is 2.23. The summed E-state index contributed by atoms with van der Waals surface area (Å²) < 4.78 is 27.6. The predicted octanol–water partition coefficient (Wildman–Crippen LogP) is 4.14. The molecule has 1 aromatic heterocycles. The molecular weight excluding hydrogens is 258 g/mol. The second-order valence-corrected chi connectivity index (χ2v) is 4.50. The van der Waals surface area contributed by atoms with Gasteiger partial charge in [-0.2, -0.15) is 0 Å². The molecule has 0 aliphatic carbocycles. The molecule has 0 atom stereocenters. The highest BCUT2D eigenvalue weighted by Gasteiger charge is 2.14. The van der Waals surface area contributed by atoms with Crippen LogP contribution in [0.3, 0.4) is 0 Å². The molecule has 0 fully saturated rings. The number of aromatic nitrogens is 2. The van der Waals surface area contributed by atoms with Gasteiger partial charge in [0.1, 0.15) is 11.6 Å². The van der Waals surface area contributed by atoms with Gasteiger partial charge in [-0.15, -0.1) is 0 Å². The number of hydrogen-bond donors (Lipinski definition) is 0. The summed E-state index contributed by atoms with van der Waals surface area (Å²) in [7, 11) is 0. The van der Waals surface area contributed by atoms with Crippen molar-refractivity contribution in [2.45, 2.75) is 13.3 Å². The average molecular weight is 270 g/mol. The highest BCUT2D eigenvalue weighted by molar-refractivity contribution is 5.82. The molecule has 0 N–H and O–H groups in total. The molecule has 0 bridgehead atoms. The van der Waals surface area contributed by atoms with Crippen LogP contribution in [-0.4, -0.2) is 9.97 Å². The zero-order chi connectivity index (χ0) is 14.1. The number of fused-ring (bicyclic) bond motifs is 1. The van der Waals surface area contributed by atoms with Gasteiger partial charge in [0.05, 0.1) is 11.1 Å². The monoisotopic (exact) mass is 270 g/mol. The van der Waals surface area contributed by atoms with E-state index in [1.165, 1.54) is 18.2 Å². The van der Waals surface area contributed by atoms with Crippen LogP contribution >= 0.6 is 0 Å². The van der Waals surface area contributed by atoms with Crippen LogP contribution in [0.5, 0.6) is 0 Å². The van der Waals surface area contributed by atoms with E-state index >= 15 is 0 Å². The third kappa shape index (κ3) is 2.03. The van der Waals surface area contributed by atoms with E-state index in [1.807, 2.05) is 25.1 Å². The summed E-state index contributed by atoms with van der Waals surface area (Å²) in [5.41, 5.74) is 1.59. The molecule has 0 aliphatic heterocycles. The maximum absolute atomic E-state index is 13.8. The van der Waals surface area contributed by atoms with Crippen LogP contribution in [0.15, 0.2) is 42.6 Å². The number of nitrogens with zero attached hydrogens (tertiary/aromatic N) is 2. The van der Waals surface area contributed by atoms with E-state index in [-0.39, 0.29) is 11.4 Å². The quantitative estimate of drug-likeness (QED) is 0.699. The van der Waals surface area contributed by atoms with Gasteiger partial charge in [0.25, 0.3) is 0 Å². The zero-order valence-electron chi connectivity index (χ0n) is 10.9. The van der Waals surface area contributed by atoms with Crippen LogP contribution in [0.25, 0.3) is 22.3 Å². The van der Waals surface area contributed by atoms with Crippen molar-refractivity contribution in [3.8, 4) is 11.4 Å². The molecule has 0 radical (unpaired) electrons. The molecule has 100 valence electrons. The Bertz CT molecular complexity index is 764. The lowest BCUT2D eigenvalue weighted by Crippen LogP contribution is -1.97. The van der Waals surface area contributed by atoms with E-state index in [0.717, 1.165) is 22.9 Å². The highest BCUT2D eigenvalue weighted by Crippen LogP contribution is 2.25. The van der Waals surface area contributed by atoms with Crippen molar-refractivity contribution >= 4 is 10.9 Å². The Morgan fingerprint density at radius 2 is 1.70 bits per heavy atom. The fourth-order valence-electron chi connectivity index (χ4n) is 2.23. The van der Waals surface area contributed by atoms with Crippen LogP contribution in [0.4, 0.5) is 8.78 Å². The standard InChI is InChI=1S/C16H12F2N2/c1-2-10-5-3-6-11-9-19-16(20-15(10)11)14-12(17)7-4-8-13(14)18/h3-9H,2H2,1H3. The summed E-state index contributed by atoms with van der Waals surface area (Å²) in [6.45, 7) is 2.01. The third-order valence-corrected chi connectivity index (χ3v) is 3.26. The lowest BCUT2D eigenvalue weighted by Gasteiger charge is -2.07. The number of benzene rings is 2. The average Bonchev–Trinajstić information content (AvgIpc) is 2.46. The Kier molecular flexibility index (Phi) is 3.14. The molecule has 2 aromatic carbocycles. The molecule has 0 saturated carbocycles. The van der Waals surface area contributed by atoms with Crippen LogP contribution in [0, 0.1) is 11.6 Å². The molecule has 20 heavy (non-hydrogen) atoms. The summed E-state index contributed by atoms with van der Waals surface area (Å²) in [6.07, 6.45) is 2.40. The zero-order valence-corrected chi connectivity index (χ0v) is 10.9. The van der Waals surface area contributed by atoms with E-state index in [0.29, 0.717) is 0 Å². The first kappa shape index (κ1) is 12.7. The van der Waals surface area contributed by atoms with Gasteiger partial charge < -0.3 is 0 Å². The summed E-state index contributed by atoms with van der Waals surface area (Å²) in [5.74, 6) is -1.23. The SMILES string of the molecule is CCc1cccc2cnc(-c3c(F)cccc3F)nc12. The van der Waals surface area contributed by atoms with Gasteiger partial charge in [0, 0.05) is 11.6 Å². The van der Waals surface area contributed by atoms with E-state index < -0.39 is 11.6 Å². The third-order valence-electron chi connectivity index (χ3n) is 3.26. The Labute approximate surface area is 115 Å². The van der Waals surface area contributed by atoms with Crippen molar-refractivity contribution in [1.29, 1.82) is 0 Å². The number of hydrogen-bond acceptors (Lipinski definition) is 2. The number of para-hydroxylation sites is 1. The smallest absolute Gasteiger partial charge is 0.165 e. The van der Waals surface area contributed by atoms with Crippen molar-refractivity contribution in [2.75, 3.05) is 0 Å². The van der Waals surface area contributed by atoms with Gasteiger partial charge in [0.15, 0.2) is 5.82 Å². The summed E-state index contributed by atoms with van der Waals surface area (Å²) in [5, 5.41) is 0.866. The normalized spacial score (nSPS) is 10.9. The summed E-state index contributed by atoms with van der Waals surface area (Å²) in [6, 6.07) is 9.50. The first-order valence-electron chi connectivity index (χ1n) is 6.39. The van der Waals surface area contributed by atoms with Crippen LogP contribution < -0.4 is 0 Å². The predicted molar refractivity (Wildman–Crippen MR) is 74.3 cm³/mol. The minimum atomic E-state index is -0.654. The Balaban J connectivity index is 2.28. The lowest BCUT2D eigenvalue weighted by atomic mass is 10.1. The van der Waals surface area contributed by atoms with Gasteiger partial charge >= 0.3 is 0 Å². The first-order valence-corrected chi connectivity index (χ1v) is 6.39. The lowest BCUT2D eigenvalue weighted by molar-refractivity contribution is 0.587. The number of rotatable bonds is 2. The molecule has 0 aliphatic rings. The van der Waals surface area contributed by atoms with Crippen molar-refractivity contribution < 1.29 is 8.78 Å². The van der Waals surface area contributed by atoms with Crippen molar-refractivity contribution in [3.05, 3.63) is 59.8 Å². The minimum Gasteiger partial charge on any atom is -0.236 e. The number of aryl methyl sites for hydroxylation is 1. The fraction of sp³-hybridized carbons (Fsp3) is 0.125. The Morgan fingerprint density at radius 1 is 1.00 bits per heavy atom. The maximum Gasteiger partial charge on any atom is 0.165 e. The van der Waals surface area contributed by atoms with Crippen molar-refractivity contribution in [2.24, 2.45) is 0 Å². The molecular formula is C16H12F2N2. The maximum atomic E-state index is 13.8. The molecule has 2 nitrogen and oxygen atoms in total. The largest absolute Gasteiger partial charge is 0.236 e. The van der Waals surface area contributed by atoms with Crippen LogP contribution in [-0.2, 0) is 6.42 Å². The van der Waals surface area contributed by atoms with Gasteiger partial charge in [0.2, 0.25) is 0 Å². The second kappa shape index (κ2) is 4.96. The molecule has 4 heteroatoms. The molecule has 0 spiro atoms. The van der Waals surface area contributed by atoms with Crippen LogP contribution in [0.1, 0.15) is 12.5 Å². The minimum absolute atomic E-state index is 0.0778. The van der Waals surface area contributed by atoms with Crippen molar-refractivity contribution in [1.82, 2.24) is 9.97 Å². The van der Waals surface area contributed by atoms with E-state index in [1.54, 1.807) is 6.20 Å². The van der Waals surface area contributed by atoms with Gasteiger partial charge in [-0.3, -0.25) is 0 Å². The van der Waals surface area contributed by atoms with E-state index in [4.69, 9.17) is 0 Å². The van der Waals surface area contributed by atoms with Crippen LogP contribution in [0.2, 0.25) is 0 Å². The van der Waals surface area contributed by atoms with Gasteiger partial charge in [-0.05, 0) is 24.1 Å². The highest BCUT2D eigenvalue weighted by atomic mass is 19.1. The molecule has 0 saturated heterocycles.